The van der Waals surface area contributed by atoms with Gasteiger partial charge in [-0.2, -0.15) is 0 Å². The van der Waals surface area contributed by atoms with Crippen LogP contribution >= 0.6 is 22.6 Å². The van der Waals surface area contributed by atoms with Crippen LogP contribution in [0.4, 0.5) is 0 Å². The number of hydrogen-bond acceptors (Lipinski definition) is 7. The molecule has 2 heterocycles. The topological polar surface area (TPSA) is 151 Å². The molecule has 4 rings (SSSR count). The minimum Gasteiger partial charge on any atom is -0.507 e. The molecule has 37 heavy (non-hydrogen) atoms. The van der Waals surface area contributed by atoms with E-state index in [1.807, 2.05) is 6.07 Å². The molecule has 3 amide bonds. The highest BCUT2D eigenvalue weighted by Gasteiger charge is 2.31. The smallest absolute Gasteiger partial charge is 0.273 e. The van der Waals surface area contributed by atoms with E-state index in [4.69, 9.17) is 10.3 Å². The van der Waals surface area contributed by atoms with Crippen LogP contribution in [0, 0.1) is 9.49 Å². The summed E-state index contributed by atoms with van der Waals surface area (Å²) in [6, 6.07) is 6.66. The van der Waals surface area contributed by atoms with Crippen molar-refractivity contribution >= 4 is 40.3 Å². The van der Waals surface area contributed by atoms with E-state index >= 15 is 0 Å². The summed E-state index contributed by atoms with van der Waals surface area (Å²) in [5, 5.41) is 19.6. The number of piperidine rings is 1. The quantitative estimate of drug-likeness (QED) is 0.297. The second-order valence-electron chi connectivity index (χ2n) is 10.1. The first-order chi connectivity index (χ1) is 17.7. The second-order valence-corrected chi connectivity index (χ2v) is 11.3. The number of phenols is 1. The minimum atomic E-state index is -0.459. The van der Waals surface area contributed by atoms with Crippen LogP contribution in [-0.2, 0) is 16.0 Å². The van der Waals surface area contributed by atoms with Crippen LogP contribution in [0.2, 0.25) is 0 Å². The van der Waals surface area contributed by atoms with Gasteiger partial charge in [0.1, 0.15) is 11.5 Å². The molecule has 1 aromatic heterocycles. The molecule has 2 aromatic rings. The first-order valence-corrected chi connectivity index (χ1v) is 13.8. The van der Waals surface area contributed by atoms with Gasteiger partial charge in [0, 0.05) is 50.1 Å². The molecule has 5 N–H and O–H groups in total. The van der Waals surface area contributed by atoms with Crippen LogP contribution in [0.1, 0.15) is 66.8 Å². The first-order valence-electron chi connectivity index (χ1n) is 12.8. The predicted molar refractivity (Wildman–Crippen MR) is 145 cm³/mol. The number of nitrogens with two attached hydrogens (primary N) is 1. The maximum atomic E-state index is 13.5. The number of nitrogens with one attached hydrogen (secondary N) is 2. The lowest BCUT2D eigenvalue weighted by atomic mass is 9.95. The highest BCUT2D eigenvalue weighted by atomic mass is 127. The van der Waals surface area contributed by atoms with E-state index in [-0.39, 0.29) is 48.5 Å². The van der Waals surface area contributed by atoms with Crippen LogP contribution in [0.25, 0.3) is 0 Å². The van der Waals surface area contributed by atoms with Gasteiger partial charge in [0.2, 0.25) is 11.8 Å². The van der Waals surface area contributed by atoms with Crippen molar-refractivity contribution in [3.63, 3.8) is 0 Å². The van der Waals surface area contributed by atoms with Crippen LogP contribution in [-0.4, -0.2) is 64.6 Å². The zero-order chi connectivity index (χ0) is 26.5. The minimum absolute atomic E-state index is 0.0421. The zero-order valence-corrected chi connectivity index (χ0v) is 23.1. The van der Waals surface area contributed by atoms with E-state index in [0.29, 0.717) is 47.5 Å². The van der Waals surface area contributed by atoms with Crippen molar-refractivity contribution in [2.24, 2.45) is 11.7 Å². The van der Waals surface area contributed by atoms with Crippen molar-refractivity contribution in [1.82, 2.24) is 20.7 Å². The van der Waals surface area contributed by atoms with E-state index in [1.54, 1.807) is 30.0 Å². The van der Waals surface area contributed by atoms with Crippen molar-refractivity contribution in [3.8, 4) is 5.75 Å². The molecule has 0 unspecified atom stereocenters. The summed E-state index contributed by atoms with van der Waals surface area (Å²) in [5.74, 6) is 0.414. The van der Waals surface area contributed by atoms with Crippen LogP contribution in [0.3, 0.4) is 0 Å². The largest absolute Gasteiger partial charge is 0.507 e. The van der Waals surface area contributed by atoms with Gasteiger partial charge in [-0.25, -0.2) is 0 Å². The zero-order valence-electron chi connectivity index (χ0n) is 20.9. The maximum Gasteiger partial charge on any atom is 0.273 e. The summed E-state index contributed by atoms with van der Waals surface area (Å²) in [6.45, 7) is 2.98. The SMILES string of the molecule is C[C@H](N)CC(=O)NC[C@@H](Cc1ccc(O)c(I)c1)C(=O)N1CCC(NC(=O)c2cc(C3CC3)on2)CC1. The number of benzene rings is 1. The molecule has 1 aliphatic carbocycles. The number of aromatic nitrogens is 1. The van der Waals surface area contributed by atoms with Gasteiger partial charge in [-0.3, -0.25) is 14.4 Å². The lowest BCUT2D eigenvalue weighted by Crippen LogP contribution is -2.50. The Kier molecular flexibility index (Phi) is 9.06. The van der Waals surface area contributed by atoms with Gasteiger partial charge in [0.05, 0.1) is 9.49 Å². The Labute approximate surface area is 229 Å². The molecule has 1 aromatic carbocycles. The van der Waals surface area contributed by atoms with Crippen molar-refractivity contribution in [1.29, 1.82) is 0 Å². The highest BCUT2D eigenvalue weighted by molar-refractivity contribution is 14.1. The Morgan fingerprint density at radius 1 is 1.22 bits per heavy atom. The van der Waals surface area contributed by atoms with Crippen molar-refractivity contribution in [3.05, 3.63) is 44.9 Å². The number of likely N-dealkylation sites (tertiary alicyclic amines) is 1. The van der Waals surface area contributed by atoms with E-state index in [1.165, 1.54) is 0 Å². The average Bonchev–Trinajstić information content (AvgIpc) is 3.59. The first kappa shape index (κ1) is 27.4. The van der Waals surface area contributed by atoms with Gasteiger partial charge in [-0.05, 0) is 79.3 Å². The summed E-state index contributed by atoms with van der Waals surface area (Å²) < 4.78 is 5.99. The van der Waals surface area contributed by atoms with Gasteiger partial charge < -0.3 is 30.9 Å². The Morgan fingerprint density at radius 2 is 1.95 bits per heavy atom. The summed E-state index contributed by atoms with van der Waals surface area (Å²) in [5.41, 5.74) is 6.94. The van der Waals surface area contributed by atoms with Gasteiger partial charge in [0.25, 0.3) is 5.91 Å². The van der Waals surface area contributed by atoms with Crippen LogP contribution < -0.4 is 16.4 Å². The maximum absolute atomic E-state index is 13.5. The summed E-state index contributed by atoms with van der Waals surface area (Å²) in [4.78, 5) is 40.1. The lowest BCUT2D eigenvalue weighted by Gasteiger charge is -2.34. The van der Waals surface area contributed by atoms with E-state index < -0.39 is 5.92 Å². The van der Waals surface area contributed by atoms with Gasteiger partial charge in [0.15, 0.2) is 5.69 Å². The third kappa shape index (κ3) is 7.67. The number of hydrogen-bond donors (Lipinski definition) is 4. The standard InChI is InChI=1S/C26H34IN5O5/c1-15(28)10-24(34)29-14-18(11-16-2-5-22(33)20(27)12-16)26(36)32-8-6-19(7-9-32)30-25(35)21-13-23(37-31-21)17-3-4-17/h2,5,12-13,15,17-19,33H,3-4,6-11,14,28H2,1H3,(H,29,34)(H,30,35)/t15-,18+/m0/s1. The molecule has 2 atom stereocenters. The van der Waals surface area contributed by atoms with Crippen LogP contribution in [0.5, 0.6) is 5.75 Å². The number of amides is 3. The molecular weight excluding hydrogens is 589 g/mol. The molecule has 200 valence electrons. The molecule has 11 heteroatoms. The average molecular weight is 623 g/mol. The fourth-order valence-corrected chi connectivity index (χ4v) is 5.11. The van der Waals surface area contributed by atoms with E-state index in [0.717, 1.165) is 24.2 Å². The molecule has 2 fully saturated rings. The molecule has 1 aliphatic heterocycles. The molecule has 2 aliphatic rings. The number of nitrogens with zero attached hydrogens (tertiary/aromatic N) is 2. The third-order valence-corrected chi connectivity index (χ3v) is 7.64. The van der Waals surface area contributed by atoms with E-state index in [9.17, 15) is 19.5 Å². The predicted octanol–water partition coefficient (Wildman–Crippen LogP) is 2.30. The molecular formula is C26H34IN5O5. The number of rotatable bonds is 10. The molecule has 0 radical (unpaired) electrons. The Bertz CT molecular complexity index is 1120. The van der Waals surface area contributed by atoms with E-state index in [2.05, 4.69) is 38.4 Å². The normalized spacial score (nSPS) is 17.8. The van der Waals surface area contributed by atoms with Crippen molar-refractivity contribution in [2.75, 3.05) is 19.6 Å². The van der Waals surface area contributed by atoms with Crippen LogP contribution in [0.15, 0.2) is 28.8 Å². The Morgan fingerprint density at radius 3 is 2.59 bits per heavy atom. The number of halogens is 1. The molecule has 1 saturated carbocycles. The molecule has 10 nitrogen and oxygen atoms in total. The number of carbonyl (C=O) groups excluding carboxylic acids is 3. The third-order valence-electron chi connectivity index (χ3n) is 6.78. The van der Waals surface area contributed by atoms with Crippen molar-refractivity contribution in [2.45, 2.75) is 63.5 Å². The summed E-state index contributed by atoms with van der Waals surface area (Å²) in [7, 11) is 0. The fraction of sp³-hybridized carbons (Fsp3) is 0.538. The summed E-state index contributed by atoms with van der Waals surface area (Å²) in [6.07, 6.45) is 4.03. The van der Waals surface area contributed by atoms with Gasteiger partial charge in [-0.15, -0.1) is 0 Å². The van der Waals surface area contributed by atoms with Crippen molar-refractivity contribution < 1.29 is 24.0 Å². The fourth-order valence-electron chi connectivity index (χ4n) is 4.53. The Balaban J connectivity index is 1.33. The number of phenolic OH excluding ortho intramolecular Hbond substituents is 1. The Hall–Kier alpha value is -2.67. The highest BCUT2D eigenvalue weighted by Crippen LogP contribution is 2.40. The summed E-state index contributed by atoms with van der Waals surface area (Å²) >= 11 is 2.05. The number of carbonyl (C=O) groups is 3. The molecule has 0 spiro atoms. The number of aromatic hydroxyl groups is 1. The van der Waals surface area contributed by atoms with Gasteiger partial charge in [-0.1, -0.05) is 11.2 Å². The lowest BCUT2D eigenvalue weighted by molar-refractivity contribution is -0.136. The second kappa shape index (κ2) is 12.2. The molecule has 0 bridgehead atoms. The van der Waals surface area contributed by atoms with Gasteiger partial charge >= 0.3 is 0 Å². The molecule has 1 saturated heterocycles. The monoisotopic (exact) mass is 623 g/mol.